The van der Waals surface area contributed by atoms with Crippen molar-refractivity contribution in [2.24, 2.45) is 5.92 Å². The lowest BCUT2D eigenvalue weighted by molar-refractivity contribution is 0.00690. The number of halogens is 2. The third kappa shape index (κ3) is 2.86. The molecule has 1 atom stereocenters. The van der Waals surface area contributed by atoms with Crippen LogP contribution in [0.15, 0.2) is 27.1 Å². The number of hydrogen-bond donors (Lipinski definition) is 1. The van der Waals surface area contributed by atoms with Crippen molar-refractivity contribution in [3.63, 3.8) is 0 Å². The molecule has 1 aliphatic heterocycles. The van der Waals surface area contributed by atoms with Crippen molar-refractivity contribution in [2.75, 3.05) is 13.2 Å². The van der Waals surface area contributed by atoms with Gasteiger partial charge in [0, 0.05) is 22.2 Å². The highest BCUT2D eigenvalue weighted by Gasteiger charge is 2.24. The largest absolute Gasteiger partial charge is 0.388 e. The molecule has 0 spiro atoms. The predicted octanol–water partition coefficient (Wildman–Crippen LogP) is 3.67. The first-order chi connectivity index (χ1) is 7.68. The maximum Gasteiger partial charge on any atom is 0.0831 e. The average molecular weight is 350 g/mol. The SMILES string of the molecule is OC(c1cc(Br)ccc1Br)C1CCOCC1. The summed E-state index contributed by atoms with van der Waals surface area (Å²) in [5, 5.41) is 10.3. The van der Waals surface area contributed by atoms with Gasteiger partial charge in [-0.2, -0.15) is 0 Å². The van der Waals surface area contributed by atoms with Crippen LogP contribution in [0.25, 0.3) is 0 Å². The Hall–Kier alpha value is 0.1000. The van der Waals surface area contributed by atoms with E-state index in [0.717, 1.165) is 40.6 Å². The summed E-state index contributed by atoms with van der Waals surface area (Å²) >= 11 is 6.92. The normalized spacial score (nSPS) is 19.7. The van der Waals surface area contributed by atoms with E-state index in [4.69, 9.17) is 4.74 Å². The molecular weight excluding hydrogens is 336 g/mol. The Labute approximate surface area is 112 Å². The molecule has 1 N–H and O–H groups in total. The van der Waals surface area contributed by atoms with Crippen LogP contribution in [0.1, 0.15) is 24.5 Å². The van der Waals surface area contributed by atoms with Gasteiger partial charge in [0.1, 0.15) is 0 Å². The number of aliphatic hydroxyl groups is 1. The molecular formula is C12H14Br2O2. The predicted molar refractivity (Wildman–Crippen MR) is 70.3 cm³/mol. The van der Waals surface area contributed by atoms with Gasteiger partial charge in [0.05, 0.1) is 6.10 Å². The van der Waals surface area contributed by atoms with Crippen molar-refractivity contribution in [3.05, 3.63) is 32.7 Å². The Bertz CT molecular complexity index is 362. The van der Waals surface area contributed by atoms with Gasteiger partial charge in [0.25, 0.3) is 0 Å². The van der Waals surface area contributed by atoms with Crippen LogP contribution in [0.2, 0.25) is 0 Å². The zero-order chi connectivity index (χ0) is 11.5. The third-order valence-electron chi connectivity index (χ3n) is 2.99. The van der Waals surface area contributed by atoms with Crippen LogP contribution in [0.3, 0.4) is 0 Å². The molecule has 0 aromatic heterocycles. The Kier molecular flexibility index (Phi) is 4.41. The van der Waals surface area contributed by atoms with Crippen molar-refractivity contribution in [1.29, 1.82) is 0 Å². The molecule has 1 aliphatic rings. The highest BCUT2D eigenvalue weighted by molar-refractivity contribution is 9.11. The van der Waals surface area contributed by atoms with Gasteiger partial charge in [-0.25, -0.2) is 0 Å². The Balaban J connectivity index is 2.18. The van der Waals surface area contributed by atoms with E-state index >= 15 is 0 Å². The van der Waals surface area contributed by atoms with Crippen molar-refractivity contribution in [2.45, 2.75) is 18.9 Å². The zero-order valence-corrected chi connectivity index (χ0v) is 12.0. The van der Waals surface area contributed by atoms with Crippen molar-refractivity contribution >= 4 is 31.9 Å². The van der Waals surface area contributed by atoms with Crippen molar-refractivity contribution in [1.82, 2.24) is 0 Å². The van der Waals surface area contributed by atoms with Crippen LogP contribution in [-0.2, 0) is 4.74 Å². The standard InChI is InChI=1S/C12H14Br2O2/c13-9-1-2-11(14)10(7-9)12(15)8-3-5-16-6-4-8/h1-2,7-8,12,15H,3-6H2. The molecule has 1 aromatic carbocycles. The molecule has 0 aliphatic carbocycles. The molecule has 16 heavy (non-hydrogen) atoms. The second kappa shape index (κ2) is 5.63. The summed E-state index contributed by atoms with van der Waals surface area (Å²) in [7, 11) is 0. The highest BCUT2D eigenvalue weighted by Crippen LogP contribution is 2.35. The Morgan fingerprint density at radius 1 is 1.25 bits per heavy atom. The first kappa shape index (κ1) is 12.6. The molecule has 1 fully saturated rings. The molecule has 1 unspecified atom stereocenters. The fourth-order valence-corrected chi connectivity index (χ4v) is 2.89. The Morgan fingerprint density at radius 3 is 2.62 bits per heavy atom. The third-order valence-corrected chi connectivity index (χ3v) is 4.20. The van der Waals surface area contributed by atoms with Crippen LogP contribution in [0, 0.1) is 5.92 Å². The molecule has 0 saturated carbocycles. The number of hydrogen-bond acceptors (Lipinski definition) is 2. The van der Waals surface area contributed by atoms with E-state index < -0.39 is 6.10 Å². The molecule has 2 nitrogen and oxygen atoms in total. The highest BCUT2D eigenvalue weighted by atomic mass is 79.9. The number of rotatable bonds is 2. The lowest BCUT2D eigenvalue weighted by atomic mass is 9.89. The summed E-state index contributed by atoms with van der Waals surface area (Å²) in [6, 6.07) is 5.90. The summed E-state index contributed by atoms with van der Waals surface area (Å²) < 4.78 is 7.27. The zero-order valence-electron chi connectivity index (χ0n) is 8.83. The van der Waals surface area contributed by atoms with Gasteiger partial charge < -0.3 is 9.84 Å². The van der Waals surface area contributed by atoms with E-state index in [-0.39, 0.29) is 0 Å². The molecule has 0 radical (unpaired) electrons. The second-order valence-corrected chi connectivity index (χ2v) is 5.83. The summed E-state index contributed by atoms with van der Waals surface area (Å²) in [5.41, 5.74) is 0.960. The molecule has 4 heteroatoms. The second-order valence-electron chi connectivity index (χ2n) is 4.06. The van der Waals surface area contributed by atoms with Gasteiger partial charge in [-0.1, -0.05) is 31.9 Å². The fraction of sp³-hybridized carbons (Fsp3) is 0.500. The van der Waals surface area contributed by atoms with Crippen LogP contribution < -0.4 is 0 Å². The van der Waals surface area contributed by atoms with Crippen LogP contribution in [-0.4, -0.2) is 18.3 Å². The molecule has 88 valence electrons. The molecule has 1 aromatic rings. The monoisotopic (exact) mass is 348 g/mol. The first-order valence-electron chi connectivity index (χ1n) is 5.39. The van der Waals surface area contributed by atoms with Gasteiger partial charge in [-0.05, 0) is 42.5 Å². The van der Waals surface area contributed by atoms with Gasteiger partial charge >= 0.3 is 0 Å². The fourth-order valence-electron chi connectivity index (χ4n) is 2.03. The van der Waals surface area contributed by atoms with Crippen LogP contribution in [0.5, 0.6) is 0 Å². The first-order valence-corrected chi connectivity index (χ1v) is 6.98. The maximum absolute atomic E-state index is 10.3. The van der Waals surface area contributed by atoms with Gasteiger partial charge in [-0.15, -0.1) is 0 Å². The smallest absolute Gasteiger partial charge is 0.0831 e. The van der Waals surface area contributed by atoms with Crippen molar-refractivity contribution < 1.29 is 9.84 Å². The minimum Gasteiger partial charge on any atom is -0.388 e. The molecule has 0 amide bonds. The van der Waals surface area contributed by atoms with Crippen LogP contribution in [0.4, 0.5) is 0 Å². The lowest BCUT2D eigenvalue weighted by Crippen LogP contribution is -2.22. The molecule has 0 bridgehead atoms. The Morgan fingerprint density at radius 2 is 1.94 bits per heavy atom. The number of aliphatic hydroxyl groups excluding tert-OH is 1. The van der Waals surface area contributed by atoms with Gasteiger partial charge in [0.2, 0.25) is 0 Å². The summed E-state index contributed by atoms with van der Waals surface area (Å²) in [4.78, 5) is 0. The average Bonchev–Trinajstić information content (AvgIpc) is 2.32. The van der Waals surface area contributed by atoms with Gasteiger partial charge in [0.15, 0.2) is 0 Å². The quantitative estimate of drug-likeness (QED) is 0.882. The van der Waals surface area contributed by atoms with E-state index in [0.29, 0.717) is 5.92 Å². The molecule has 1 heterocycles. The summed E-state index contributed by atoms with van der Waals surface area (Å²) in [6.45, 7) is 1.51. The van der Waals surface area contributed by atoms with E-state index in [1.54, 1.807) is 0 Å². The van der Waals surface area contributed by atoms with Crippen LogP contribution >= 0.6 is 31.9 Å². The number of ether oxygens (including phenoxy) is 1. The minimum atomic E-state index is -0.407. The minimum absolute atomic E-state index is 0.305. The molecule has 2 rings (SSSR count). The maximum atomic E-state index is 10.3. The van der Waals surface area contributed by atoms with E-state index in [1.807, 2.05) is 18.2 Å². The van der Waals surface area contributed by atoms with Gasteiger partial charge in [-0.3, -0.25) is 0 Å². The van der Waals surface area contributed by atoms with E-state index in [1.165, 1.54) is 0 Å². The van der Waals surface area contributed by atoms with E-state index in [9.17, 15) is 5.11 Å². The summed E-state index contributed by atoms with van der Waals surface area (Å²) in [6.07, 6.45) is 1.45. The van der Waals surface area contributed by atoms with E-state index in [2.05, 4.69) is 31.9 Å². The summed E-state index contributed by atoms with van der Waals surface area (Å²) in [5.74, 6) is 0.305. The number of benzene rings is 1. The lowest BCUT2D eigenvalue weighted by Gasteiger charge is -2.27. The topological polar surface area (TPSA) is 29.5 Å². The molecule has 1 saturated heterocycles. The van der Waals surface area contributed by atoms with Crippen molar-refractivity contribution in [3.8, 4) is 0 Å².